The standard InChI is InChI=1S/C24H27N5O4S/c1-13-7-5-10-16(14(13)2)29(24(32)21-18(25)19(22(26)30)28-34-21)20(17-11-6-12-33-17)23(31)27-15-8-3-4-9-15/h5-7,10-12,15,20H,3-4,8-9,25H2,1-2H3,(H2,26,30)(H,27,31). The lowest BCUT2D eigenvalue weighted by Crippen LogP contribution is -2.46. The SMILES string of the molecule is Cc1cccc(N(C(=O)c2snc(C(N)=O)c2N)C(C(=O)NC2CCCC2)c2ccco2)c1C. The van der Waals surface area contributed by atoms with E-state index in [0.717, 1.165) is 48.3 Å². The van der Waals surface area contributed by atoms with Crippen LogP contribution in [0.1, 0.15) is 68.8 Å². The summed E-state index contributed by atoms with van der Waals surface area (Å²) in [6, 6.07) is 7.78. The fourth-order valence-corrected chi connectivity index (χ4v) is 5.01. The summed E-state index contributed by atoms with van der Waals surface area (Å²) in [5.74, 6) is -1.44. The number of rotatable bonds is 7. The Balaban J connectivity index is 1.86. The maximum atomic E-state index is 14.0. The lowest BCUT2D eigenvalue weighted by Gasteiger charge is -2.32. The zero-order valence-corrected chi connectivity index (χ0v) is 19.9. The van der Waals surface area contributed by atoms with Crippen LogP contribution in [0.15, 0.2) is 41.0 Å². The van der Waals surface area contributed by atoms with Gasteiger partial charge in [0.25, 0.3) is 17.7 Å². The summed E-state index contributed by atoms with van der Waals surface area (Å²) in [6.45, 7) is 3.80. The van der Waals surface area contributed by atoms with E-state index < -0.39 is 17.9 Å². The minimum atomic E-state index is -1.10. The Hall–Kier alpha value is -3.66. The highest BCUT2D eigenvalue weighted by molar-refractivity contribution is 7.09. The van der Waals surface area contributed by atoms with Gasteiger partial charge in [0, 0.05) is 11.7 Å². The number of nitrogens with two attached hydrogens (primary N) is 2. The van der Waals surface area contributed by atoms with Gasteiger partial charge in [0.15, 0.2) is 11.7 Å². The normalized spacial score (nSPS) is 14.6. The Morgan fingerprint density at radius 3 is 2.53 bits per heavy atom. The van der Waals surface area contributed by atoms with Crippen molar-refractivity contribution in [1.82, 2.24) is 9.69 Å². The van der Waals surface area contributed by atoms with Crippen LogP contribution in [0.3, 0.4) is 0 Å². The fourth-order valence-electron chi connectivity index (χ4n) is 4.27. The van der Waals surface area contributed by atoms with Gasteiger partial charge >= 0.3 is 0 Å². The second-order valence-electron chi connectivity index (χ2n) is 8.44. The number of anilines is 2. The molecule has 1 aliphatic rings. The van der Waals surface area contributed by atoms with Crippen LogP contribution < -0.4 is 21.7 Å². The van der Waals surface area contributed by atoms with Gasteiger partial charge in [0.05, 0.1) is 12.0 Å². The Morgan fingerprint density at radius 2 is 1.91 bits per heavy atom. The quantitative estimate of drug-likeness (QED) is 0.471. The van der Waals surface area contributed by atoms with Gasteiger partial charge in [-0.2, -0.15) is 4.37 Å². The van der Waals surface area contributed by atoms with E-state index in [1.807, 2.05) is 26.0 Å². The molecule has 3 amide bonds. The molecular weight excluding hydrogens is 454 g/mol. The van der Waals surface area contributed by atoms with Gasteiger partial charge in [-0.25, -0.2) is 0 Å². The molecule has 0 aliphatic heterocycles. The van der Waals surface area contributed by atoms with Gasteiger partial charge in [-0.1, -0.05) is 25.0 Å². The molecule has 5 N–H and O–H groups in total. The van der Waals surface area contributed by atoms with Gasteiger partial charge in [-0.05, 0) is 67.5 Å². The smallest absolute Gasteiger partial charge is 0.273 e. The number of hydrogen-bond acceptors (Lipinski definition) is 7. The first kappa shape index (κ1) is 23.5. The van der Waals surface area contributed by atoms with Gasteiger partial charge in [0.1, 0.15) is 10.6 Å². The molecule has 1 fully saturated rings. The average Bonchev–Trinajstić information content (AvgIpc) is 3.56. The molecular formula is C24H27N5O4S. The highest BCUT2D eigenvalue weighted by Gasteiger charge is 2.39. The molecule has 3 aromatic rings. The maximum absolute atomic E-state index is 14.0. The molecule has 2 heterocycles. The van der Waals surface area contributed by atoms with Crippen LogP contribution in [0.5, 0.6) is 0 Å². The van der Waals surface area contributed by atoms with Crippen molar-refractivity contribution in [2.24, 2.45) is 5.73 Å². The van der Waals surface area contributed by atoms with E-state index in [-0.39, 0.29) is 28.2 Å². The fraction of sp³-hybridized carbons (Fsp3) is 0.333. The van der Waals surface area contributed by atoms with E-state index in [0.29, 0.717) is 11.4 Å². The van der Waals surface area contributed by atoms with Crippen LogP contribution in [-0.2, 0) is 4.79 Å². The number of aromatic nitrogens is 1. The number of nitrogens with zero attached hydrogens (tertiary/aromatic N) is 2. The topological polar surface area (TPSA) is 145 Å². The third-order valence-electron chi connectivity index (χ3n) is 6.23. The number of nitrogen functional groups attached to an aromatic ring is 1. The average molecular weight is 482 g/mol. The maximum Gasteiger partial charge on any atom is 0.273 e. The first-order valence-corrected chi connectivity index (χ1v) is 11.9. The molecule has 1 atom stereocenters. The molecule has 2 aromatic heterocycles. The number of amides is 3. The number of carbonyl (C=O) groups excluding carboxylic acids is 3. The lowest BCUT2D eigenvalue weighted by molar-refractivity contribution is -0.123. The molecule has 0 bridgehead atoms. The molecule has 1 aliphatic carbocycles. The molecule has 0 spiro atoms. The van der Waals surface area contributed by atoms with Crippen LogP contribution in [0.4, 0.5) is 11.4 Å². The number of benzene rings is 1. The van der Waals surface area contributed by atoms with Crippen molar-refractivity contribution in [2.75, 3.05) is 10.6 Å². The summed E-state index contributed by atoms with van der Waals surface area (Å²) in [5, 5.41) is 3.09. The highest BCUT2D eigenvalue weighted by Crippen LogP contribution is 2.36. The second-order valence-corrected chi connectivity index (χ2v) is 9.21. The zero-order valence-electron chi connectivity index (χ0n) is 19.0. The Labute approximate surface area is 201 Å². The number of carbonyl (C=O) groups is 3. The minimum Gasteiger partial charge on any atom is -0.467 e. The molecule has 4 rings (SSSR count). The zero-order chi connectivity index (χ0) is 24.4. The molecule has 1 aromatic carbocycles. The summed E-state index contributed by atoms with van der Waals surface area (Å²) in [6.07, 6.45) is 5.32. The van der Waals surface area contributed by atoms with E-state index >= 15 is 0 Å². The molecule has 1 saturated carbocycles. The largest absolute Gasteiger partial charge is 0.467 e. The minimum absolute atomic E-state index is 0.0277. The summed E-state index contributed by atoms with van der Waals surface area (Å²) in [5.41, 5.74) is 13.5. The molecule has 178 valence electrons. The molecule has 9 nitrogen and oxygen atoms in total. The van der Waals surface area contributed by atoms with Crippen LogP contribution in [0, 0.1) is 13.8 Å². The second kappa shape index (κ2) is 9.68. The number of furan rings is 1. The van der Waals surface area contributed by atoms with Crippen LogP contribution in [0.25, 0.3) is 0 Å². The third-order valence-corrected chi connectivity index (χ3v) is 7.08. The Bertz CT molecular complexity index is 1210. The van der Waals surface area contributed by atoms with Crippen molar-refractivity contribution in [3.63, 3.8) is 0 Å². The van der Waals surface area contributed by atoms with Gasteiger partial charge in [-0.3, -0.25) is 19.3 Å². The van der Waals surface area contributed by atoms with Crippen molar-refractivity contribution >= 4 is 40.6 Å². The summed E-state index contributed by atoms with van der Waals surface area (Å²) in [7, 11) is 0. The molecule has 10 heteroatoms. The van der Waals surface area contributed by atoms with E-state index in [4.69, 9.17) is 15.9 Å². The molecule has 34 heavy (non-hydrogen) atoms. The number of hydrogen-bond donors (Lipinski definition) is 3. The predicted molar refractivity (Wildman–Crippen MR) is 130 cm³/mol. The van der Waals surface area contributed by atoms with Gasteiger partial charge in [0.2, 0.25) is 0 Å². The number of primary amides is 1. The van der Waals surface area contributed by atoms with Crippen molar-refractivity contribution < 1.29 is 18.8 Å². The Morgan fingerprint density at radius 1 is 1.18 bits per heavy atom. The molecule has 0 radical (unpaired) electrons. The molecule has 1 unspecified atom stereocenters. The first-order chi connectivity index (χ1) is 16.3. The van der Waals surface area contributed by atoms with E-state index in [1.165, 1.54) is 11.2 Å². The number of aryl methyl sites for hydroxylation is 1. The van der Waals surface area contributed by atoms with E-state index in [2.05, 4.69) is 9.69 Å². The summed E-state index contributed by atoms with van der Waals surface area (Å²) in [4.78, 5) is 40.8. The van der Waals surface area contributed by atoms with Crippen molar-refractivity contribution in [1.29, 1.82) is 0 Å². The Kier molecular flexibility index (Phi) is 6.69. The summed E-state index contributed by atoms with van der Waals surface area (Å²) < 4.78 is 9.61. The van der Waals surface area contributed by atoms with Crippen molar-refractivity contribution in [2.45, 2.75) is 51.6 Å². The van der Waals surface area contributed by atoms with Gasteiger partial charge < -0.3 is 21.2 Å². The first-order valence-electron chi connectivity index (χ1n) is 11.1. The van der Waals surface area contributed by atoms with Gasteiger partial charge in [-0.15, -0.1) is 0 Å². The molecule has 0 saturated heterocycles. The monoisotopic (exact) mass is 481 g/mol. The van der Waals surface area contributed by atoms with E-state index in [1.54, 1.807) is 18.2 Å². The van der Waals surface area contributed by atoms with Crippen LogP contribution in [-0.4, -0.2) is 28.1 Å². The van der Waals surface area contributed by atoms with E-state index in [9.17, 15) is 14.4 Å². The third kappa shape index (κ3) is 4.41. The predicted octanol–water partition coefficient (Wildman–Crippen LogP) is 3.48. The lowest BCUT2D eigenvalue weighted by atomic mass is 10.0. The highest BCUT2D eigenvalue weighted by atomic mass is 32.1. The van der Waals surface area contributed by atoms with Crippen molar-refractivity contribution in [3.05, 3.63) is 64.1 Å². The van der Waals surface area contributed by atoms with Crippen LogP contribution >= 0.6 is 11.5 Å². The number of nitrogens with one attached hydrogen (secondary N) is 1. The van der Waals surface area contributed by atoms with Crippen LogP contribution in [0.2, 0.25) is 0 Å². The van der Waals surface area contributed by atoms with Crippen molar-refractivity contribution in [3.8, 4) is 0 Å². The summed E-state index contributed by atoms with van der Waals surface area (Å²) >= 11 is 0.776.